The molecule has 0 fully saturated rings. The molecule has 1 heterocycles. The van der Waals surface area contributed by atoms with Crippen molar-refractivity contribution in [3.8, 4) is 22.7 Å². The molecular weight excluding hydrogens is 300 g/mol. The summed E-state index contributed by atoms with van der Waals surface area (Å²) in [6, 6.07) is 15.6. The van der Waals surface area contributed by atoms with Crippen LogP contribution >= 0.6 is 0 Å². The van der Waals surface area contributed by atoms with E-state index in [-0.39, 0.29) is 0 Å². The number of aldehydes is 1. The lowest BCUT2D eigenvalue weighted by atomic mass is 10.0. The average Bonchev–Trinajstić information content (AvgIpc) is 3.05. The van der Waals surface area contributed by atoms with Gasteiger partial charge in [0.25, 0.3) is 0 Å². The summed E-state index contributed by atoms with van der Waals surface area (Å²) in [6.45, 7) is 4.78. The van der Waals surface area contributed by atoms with Crippen LogP contribution in [0.25, 0.3) is 16.9 Å². The van der Waals surface area contributed by atoms with Gasteiger partial charge in [-0.2, -0.15) is 5.10 Å². The van der Waals surface area contributed by atoms with Gasteiger partial charge < -0.3 is 4.74 Å². The van der Waals surface area contributed by atoms with E-state index in [4.69, 9.17) is 4.74 Å². The van der Waals surface area contributed by atoms with Crippen molar-refractivity contribution >= 4 is 6.29 Å². The van der Waals surface area contributed by atoms with Gasteiger partial charge in [-0.1, -0.05) is 25.1 Å². The van der Waals surface area contributed by atoms with Crippen LogP contribution in [0.1, 0.15) is 29.3 Å². The number of aromatic nitrogens is 2. The Hall–Kier alpha value is -2.88. The molecule has 1 aromatic heterocycles. The molecule has 0 amide bonds. The molecule has 4 nitrogen and oxygen atoms in total. The van der Waals surface area contributed by atoms with Crippen molar-refractivity contribution in [3.05, 3.63) is 65.9 Å². The van der Waals surface area contributed by atoms with Crippen LogP contribution in [-0.2, 0) is 0 Å². The highest BCUT2D eigenvalue weighted by molar-refractivity contribution is 5.86. The second-order valence-electron chi connectivity index (χ2n) is 5.66. The summed E-state index contributed by atoms with van der Waals surface area (Å²) in [7, 11) is 0. The molecule has 24 heavy (non-hydrogen) atoms. The van der Waals surface area contributed by atoms with E-state index >= 15 is 0 Å². The first-order valence-electron chi connectivity index (χ1n) is 8.07. The Balaban J connectivity index is 2.00. The Morgan fingerprint density at radius 2 is 1.96 bits per heavy atom. The smallest absolute Gasteiger partial charge is 0.153 e. The highest BCUT2D eigenvalue weighted by Gasteiger charge is 2.14. The molecule has 4 heteroatoms. The summed E-state index contributed by atoms with van der Waals surface area (Å²) in [5.41, 5.74) is 4.16. The predicted octanol–water partition coefficient (Wildman–Crippen LogP) is 4.45. The minimum atomic E-state index is 0.573. The normalized spacial score (nSPS) is 10.6. The van der Waals surface area contributed by atoms with Crippen LogP contribution in [0.5, 0.6) is 5.75 Å². The number of rotatable bonds is 6. The van der Waals surface area contributed by atoms with E-state index < -0.39 is 0 Å². The number of hydrogen-bond acceptors (Lipinski definition) is 3. The van der Waals surface area contributed by atoms with Gasteiger partial charge in [-0.05, 0) is 49.2 Å². The molecule has 122 valence electrons. The molecule has 0 spiro atoms. The third-order valence-corrected chi connectivity index (χ3v) is 3.82. The average molecular weight is 320 g/mol. The molecule has 0 saturated heterocycles. The molecule has 0 aliphatic carbocycles. The van der Waals surface area contributed by atoms with Crippen molar-refractivity contribution in [2.75, 3.05) is 6.61 Å². The first-order chi connectivity index (χ1) is 11.7. The highest BCUT2D eigenvalue weighted by atomic mass is 16.5. The Bertz CT molecular complexity index is 838. The number of nitrogens with zero attached hydrogens (tertiary/aromatic N) is 2. The van der Waals surface area contributed by atoms with Crippen molar-refractivity contribution < 1.29 is 9.53 Å². The Kier molecular flexibility index (Phi) is 4.75. The standard InChI is InChI=1S/C20H20N2O2/c1-3-11-24-18-9-10-19(15(2)12-18)20-16(14-23)13-22(21-20)17-7-5-4-6-8-17/h4-10,12-14H,3,11H2,1-2H3. The van der Waals surface area contributed by atoms with E-state index in [1.807, 2.05) is 55.5 Å². The molecule has 0 N–H and O–H groups in total. The van der Waals surface area contributed by atoms with Crippen molar-refractivity contribution in [1.82, 2.24) is 9.78 Å². The molecule has 0 unspecified atom stereocenters. The number of hydrogen-bond donors (Lipinski definition) is 0. The van der Waals surface area contributed by atoms with Crippen LogP contribution in [0.15, 0.2) is 54.7 Å². The lowest BCUT2D eigenvalue weighted by Gasteiger charge is -2.09. The van der Waals surface area contributed by atoms with Crippen LogP contribution in [0, 0.1) is 6.92 Å². The Morgan fingerprint density at radius 1 is 1.17 bits per heavy atom. The molecule has 0 atom stereocenters. The summed E-state index contributed by atoms with van der Waals surface area (Å²) in [6.07, 6.45) is 3.58. The molecule has 0 radical (unpaired) electrons. The fourth-order valence-electron chi connectivity index (χ4n) is 2.61. The topological polar surface area (TPSA) is 44.1 Å². The van der Waals surface area contributed by atoms with Gasteiger partial charge in [-0.15, -0.1) is 0 Å². The molecule has 3 aromatic rings. The lowest BCUT2D eigenvalue weighted by Crippen LogP contribution is -1.97. The van der Waals surface area contributed by atoms with Crippen LogP contribution in [0.2, 0.25) is 0 Å². The van der Waals surface area contributed by atoms with Gasteiger partial charge in [0, 0.05) is 11.8 Å². The fourth-order valence-corrected chi connectivity index (χ4v) is 2.61. The number of carbonyl (C=O) groups is 1. The van der Waals surface area contributed by atoms with E-state index in [1.54, 1.807) is 10.9 Å². The van der Waals surface area contributed by atoms with E-state index in [1.165, 1.54) is 0 Å². The molecule has 0 saturated carbocycles. The van der Waals surface area contributed by atoms with Gasteiger partial charge in [-0.3, -0.25) is 4.79 Å². The summed E-state index contributed by atoms with van der Waals surface area (Å²) < 4.78 is 7.40. The molecular formula is C20H20N2O2. The van der Waals surface area contributed by atoms with Gasteiger partial charge in [-0.25, -0.2) is 4.68 Å². The summed E-state index contributed by atoms with van der Waals surface area (Å²) in [5, 5.41) is 4.62. The lowest BCUT2D eigenvalue weighted by molar-refractivity contribution is 0.112. The van der Waals surface area contributed by atoms with Crippen LogP contribution < -0.4 is 4.74 Å². The van der Waals surface area contributed by atoms with Crippen molar-refractivity contribution in [2.24, 2.45) is 0 Å². The fraction of sp³-hybridized carbons (Fsp3) is 0.200. The molecule has 0 aliphatic heterocycles. The zero-order chi connectivity index (χ0) is 16.9. The molecule has 2 aromatic carbocycles. The van der Waals surface area contributed by atoms with E-state index in [9.17, 15) is 4.79 Å². The molecule has 0 bridgehead atoms. The van der Waals surface area contributed by atoms with Crippen molar-refractivity contribution in [2.45, 2.75) is 20.3 Å². The minimum absolute atomic E-state index is 0.573. The number of benzene rings is 2. The number of ether oxygens (including phenoxy) is 1. The zero-order valence-electron chi connectivity index (χ0n) is 13.9. The maximum atomic E-state index is 11.5. The monoisotopic (exact) mass is 320 g/mol. The van der Waals surface area contributed by atoms with E-state index in [0.717, 1.165) is 35.3 Å². The quantitative estimate of drug-likeness (QED) is 0.630. The largest absolute Gasteiger partial charge is 0.494 e. The van der Waals surface area contributed by atoms with Crippen molar-refractivity contribution in [1.29, 1.82) is 0 Å². The third kappa shape index (κ3) is 3.23. The second kappa shape index (κ2) is 7.13. The Morgan fingerprint density at radius 3 is 2.62 bits per heavy atom. The third-order valence-electron chi connectivity index (χ3n) is 3.82. The maximum Gasteiger partial charge on any atom is 0.153 e. The van der Waals surface area contributed by atoms with Gasteiger partial charge in [0.2, 0.25) is 0 Å². The predicted molar refractivity (Wildman–Crippen MR) is 94.9 cm³/mol. The number of carbonyl (C=O) groups excluding carboxylic acids is 1. The highest BCUT2D eigenvalue weighted by Crippen LogP contribution is 2.28. The van der Waals surface area contributed by atoms with E-state index in [0.29, 0.717) is 17.9 Å². The number of para-hydroxylation sites is 1. The maximum absolute atomic E-state index is 11.5. The Labute approximate surface area is 141 Å². The summed E-state index contributed by atoms with van der Waals surface area (Å²) in [5.74, 6) is 0.841. The zero-order valence-corrected chi connectivity index (χ0v) is 13.9. The summed E-state index contributed by atoms with van der Waals surface area (Å²) >= 11 is 0. The SMILES string of the molecule is CCCOc1ccc(-c2nn(-c3ccccc3)cc2C=O)c(C)c1. The van der Waals surface area contributed by atoms with Crippen LogP contribution in [0.4, 0.5) is 0 Å². The second-order valence-corrected chi connectivity index (χ2v) is 5.66. The van der Waals surface area contributed by atoms with Gasteiger partial charge >= 0.3 is 0 Å². The summed E-state index contributed by atoms with van der Waals surface area (Å²) in [4.78, 5) is 11.5. The minimum Gasteiger partial charge on any atom is -0.494 e. The molecule has 0 aliphatic rings. The first-order valence-corrected chi connectivity index (χ1v) is 8.07. The van der Waals surface area contributed by atoms with Crippen molar-refractivity contribution in [3.63, 3.8) is 0 Å². The first kappa shape index (κ1) is 16.0. The van der Waals surface area contributed by atoms with E-state index in [2.05, 4.69) is 12.0 Å². The van der Waals surface area contributed by atoms with Crippen LogP contribution in [-0.4, -0.2) is 22.7 Å². The van der Waals surface area contributed by atoms with Gasteiger partial charge in [0.05, 0.1) is 17.9 Å². The van der Waals surface area contributed by atoms with Gasteiger partial charge in [0.15, 0.2) is 6.29 Å². The van der Waals surface area contributed by atoms with Gasteiger partial charge in [0.1, 0.15) is 11.4 Å². The van der Waals surface area contributed by atoms with Crippen LogP contribution in [0.3, 0.4) is 0 Å². The number of aryl methyl sites for hydroxylation is 1. The molecule has 3 rings (SSSR count).